The topological polar surface area (TPSA) is 47.0 Å². The Kier molecular flexibility index (Phi) is 2.33. The van der Waals surface area contributed by atoms with E-state index < -0.39 is 11.6 Å². The van der Waals surface area contributed by atoms with Gasteiger partial charge in [-0.05, 0) is 24.6 Å². The fourth-order valence-corrected chi connectivity index (χ4v) is 0.841. The van der Waals surface area contributed by atoms with E-state index in [9.17, 15) is 9.59 Å². The Labute approximate surface area is 70.4 Å². The van der Waals surface area contributed by atoms with Gasteiger partial charge in [-0.1, -0.05) is 0 Å². The number of Topliss-reactive ketones (excluding diaryl/α,β-unsaturated/α-hetero) is 2. The Morgan fingerprint density at radius 2 is 2.08 bits per heavy atom. The van der Waals surface area contributed by atoms with Crippen molar-refractivity contribution in [2.24, 2.45) is 0 Å². The molecule has 1 heterocycles. The monoisotopic (exact) mass is 163 g/mol. The minimum Gasteiger partial charge on any atom is -0.291 e. The van der Waals surface area contributed by atoms with Crippen LogP contribution in [0.25, 0.3) is 0 Å². The van der Waals surface area contributed by atoms with E-state index in [1.165, 1.54) is 13.1 Å². The number of carbonyl (C=O) groups excluding carboxylic acids is 2. The Morgan fingerprint density at radius 3 is 2.58 bits per heavy atom. The summed E-state index contributed by atoms with van der Waals surface area (Å²) in [6.45, 7) is 3.09. The van der Waals surface area contributed by atoms with E-state index in [2.05, 4.69) is 4.98 Å². The lowest BCUT2D eigenvalue weighted by Crippen LogP contribution is -2.11. The zero-order valence-corrected chi connectivity index (χ0v) is 7.00. The second-order valence-corrected chi connectivity index (χ2v) is 2.60. The van der Waals surface area contributed by atoms with Crippen molar-refractivity contribution in [1.29, 1.82) is 0 Å². The number of aryl methyl sites for hydroxylation is 1. The van der Waals surface area contributed by atoms with Gasteiger partial charge in [0.05, 0.1) is 0 Å². The lowest BCUT2D eigenvalue weighted by atomic mass is 10.1. The summed E-state index contributed by atoms with van der Waals surface area (Å²) in [7, 11) is 0. The van der Waals surface area contributed by atoms with Gasteiger partial charge in [0.2, 0.25) is 11.6 Å². The molecule has 0 aliphatic rings. The van der Waals surface area contributed by atoms with Crippen molar-refractivity contribution in [2.75, 3.05) is 0 Å². The molecule has 0 bridgehead atoms. The molecule has 0 N–H and O–H groups in total. The highest BCUT2D eigenvalue weighted by Gasteiger charge is 2.11. The largest absolute Gasteiger partial charge is 0.291 e. The second-order valence-electron chi connectivity index (χ2n) is 2.60. The maximum absolute atomic E-state index is 11.1. The van der Waals surface area contributed by atoms with Gasteiger partial charge in [-0.3, -0.25) is 14.6 Å². The SMILES string of the molecule is CC(=O)C(=O)c1cc(C)ccn1. The lowest BCUT2D eigenvalue weighted by molar-refractivity contribution is -0.113. The molecule has 0 saturated heterocycles. The molecule has 3 heteroatoms. The van der Waals surface area contributed by atoms with E-state index in [-0.39, 0.29) is 5.69 Å². The molecule has 62 valence electrons. The summed E-state index contributed by atoms with van der Waals surface area (Å²) in [5, 5.41) is 0. The van der Waals surface area contributed by atoms with Crippen LogP contribution in [0.2, 0.25) is 0 Å². The molecule has 1 rings (SSSR count). The number of hydrogen-bond donors (Lipinski definition) is 0. The van der Waals surface area contributed by atoms with Gasteiger partial charge in [-0.25, -0.2) is 0 Å². The normalized spacial score (nSPS) is 9.50. The van der Waals surface area contributed by atoms with Gasteiger partial charge in [0.15, 0.2) is 0 Å². The predicted molar refractivity (Wildman–Crippen MR) is 44.0 cm³/mol. The molecule has 1 aromatic heterocycles. The summed E-state index contributed by atoms with van der Waals surface area (Å²) in [6, 6.07) is 3.38. The van der Waals surface area contributed by atoms with Crippen LogP contribution in [0, 0.1) is 6.92 Å². The minimum absolute atomic E-state index is 0.225. The van der Waals surface area contributed by atoms with Crippen LogP contribution in [0.3, 0.4) is 0 Å². The quantitative estimate of drug-likeness (QED) is 0.485. The summed E-state index contributed by atoms with van der Waals surface area (Å²) in [5.74, 6) is -1.01. The fraction of sp³-hybridized carbons (Fsp3) is 0.222. The Morgan fingerprint density at radius 1 is 1.42 bits per heavy atom. The molecular weight excluding hydrogens is 154 g/mol. The average molecular weight is 163 g/mol. The zero-order chi connectivity index (χ0) is 9.14. The third kappa shape index (κ3) is 1.75. The van der Waals surface area contributed by atoms with Crippen molar-refractivity contribution in [3.63, 3.8) is 0 Å². The molecular formula is C9H9NO2. The smallest absolute Gasteiger partial charge is 0.246 e. The number of nitrogens with zero attached hydrogens (tertiary/aromatic N) is 1. The maximum Gasteiger partial charge on any atom is 0.246 e. The Bertz CT molecular complexity index is 331. The van der Waals surface area contributed by atoms with E-state index >= 15 is 0 Å². The summed E-state index contributed by atoms with van der Waals surface area (Å²) < 4.78 is 0. The molecule has 0 radical (unpaired) electrons. The van der Waals surface area contributed by atoms with Crippen LogP contribution >= 0.6 is 0 Å². The third-order valence-corrected chi connectivity index (χ3v) is 1.47. The molecule has 0 unspecified atom stereocenters. The molecule has 0 fully saturated rings. The van der Waals surface area contributed by atoms with Crippen molar-refractivity contribution in [3.05, 3.63) is 29.6 Å². The summed E-state index contributed by atoms with van der Waals surface area (Å²) in [4.78, 5) is 25.5. The first-order valence-electron chi connectivity index (χ1n) is 3.59. The molecule has 3 nitrogen and oxygen atoms in total. The Balaban J connectivity index is 3.04. The van der Waals surface area contributed by atoms with Crippen LogP contribution in [0.5, 0.6) is 0 Å². The third-order valence-electron chi connectivity index (χ3n) is 1.47. The number of ketones is 2. The molecule has 0 saturated carbocycles. The van der Waals surface area contributed by atoms with Gasteiger partial charge in [-0.2, -0.15) is 0 Å². The van der Waals surface area contributed by atoms with E-state index in [1.807, 2.05) is 6.92 Å². The molecule has 0 aliphatic heterocycles. The lowest BCUT2D eigenvalue weighted by Gasteiger charge is -1.95. The summed E-state index contributed by atoms with van der Waals surface area (Å²) in [6.07, 6.45) is 1.52. The molecule has 0 atom stereocenters. The molecule has 0 aliphatic carbocycles. The van der Waals surface area contributed by atoms with E-state index in [4.69, 9.17) is 0 Å². The van der Waals surface area contributed by atoms with E-state index in [0.29, 0.717) is 0 Å². The van der Waals surface area contributed by atoms with Crippen LogP contribution in [0.1, 0.15) is 23.0 Å². The van der Waals surface area contributed by atoms with Crippen LogP contribution < -0.4 is 0 Å². The standard InChI is InChI=1S/C9H9NO2/c1-6-3-4-10-8(5-6)9(12)7(2)11/h3-5H,1-2H3. The highest BCUT2D eigenvalue weighted by molar-refractivity contribution is 6.42. The second kappa shape index (κ2) is 3.26. The number of hydrogen-bond acceptors (Lipinski definition) is 3. The van der Waals surface area contributed by atoms with Gasteiger partial charge in [0.1, 0.15) is 5.69 Å². The zero-order valence-electron chi connectivity index (χ0n) is 7.00. The number of pyridine rings is 1. The van der Waals surface area contributed by atoms with Gasteiger partial charge >= 0.3 is 0 Å². The number of aromatic nitrogens is 1. The van der Waals surface area contributed by atoms with E-state index in [1.54, 1.807) is 12.1 Å². The molecule has 0 aromatic carbocycles. The van der Waals surface area contributed by atoms with Gasteiger partial charge < -0.3 is 0 Å². The van der Waals surface area contributed by atoms with Crippen molar-refractivity contribution >= 4 is 11.6 Å². The van der Waals surface area contributed by atoms with Crippen molar-refractivity contribution in [1.82, 2.24) is 4.98 Å². The highest BCUT2D eigenvalue weighted by Crippen LogP contribution is 2.00. The molecule has 1 aromatic rings. The first-order chi connectivity index (χ1) is 5.61. The Hall–Kier alpha value is -1.51. The minimum atomic E-state index is -0.529. The first-order valence-corrected chi connectivity index (χ1v) is 3.59. The summed E-state index contributed by atoms with van der Waals surface area (Å²) >= 11 is 0. The van der Waals surface area contributed by atoms with Gasteiger partial charge in [-0.15, -0.1) is 0 Å². The molecule has 0 spiro atoms. The van der Waals surface area contributed by atoms with Crippen LogP contribution in [-0.2, 0) is 4.79 Å². The van der Waals surface area contributed by atoms with Gasteiger partial charge in [0.25, 0.3) is 0 Å². The van der Waals surface area contributed by atoms with Crippen LogP contribution in [0.4, 0.5) is 0 Å². The van der Waals surface area contributed by atoms with Crippen molar-refractivity contribution < 1.29 is 9.59 Å². The average Bonchev–Trinajstić information content (AvgIpc) is 2.03. The first kappa shape index (κ1) is 8.59. The van der Waals surface area contributed by atoms with Crippen LogP contribution in [-0.4, -0.2) is 16.6 Å². The van der Waals surface area contributed by atoms with Crippen molar-refractivity contribution in [3.8, 4) is 0 Å². The van der Waals surface area contributed by atoms with Crippen molar-refractivity contribution in [2.45, 2.75) is 13.8 Å². The van der Waals surface area contributed by atoms with Gasteiger partial charge in [0, 0.05) is 13.1 Å². The summed E-state index contributed by atoms with van der Waals surface area (Å²) in [5.41, 5.74) is 1.15. The molecule has 0 amide bonds. The van der Waals surface area contributed by atoms with Crippen LogP contribution in [0.15, 0.2) is 18.3 Å². The van der Waals surface area contributed by atoms with E-state index in [0.717, 1.165) is 5.56 Å². The fourth-order valence-electron chi connectivity index (χ4n) is 0.841. The number of rotatable bonds is 2. The number of carbonyl (C=O) groups is 2. The highest BCUT2D eigenvalue weighted by atomic mass is 16.2. The predicted octanol–water partition coefficient (Wildman–Crippen LogP) is 1.16. The molecule has 12 heavy (non-hydrogen) atoms. The maximum atomic E-state index is 11.1.